The second-order valence-electron chi connectivity index (χ2n) is 4.94. The zero-order valence-corrected chi connectivity index (χ0v) is 13.3. The minimum absolute atomic E-state index is 0.153. The highest BCUT2D eigenvalue weighted by Gasteiger charge is 2.07. The van der Waals surface area contributed by atoms with Crippen molar-refractivity contribution in [1.82, 2.24) is 5.32 Å². The third-order valence-corrected chi connectivity index (χ3v) is 3.14. The van der Waals surface area contributed by atoms with E-state index in [1.165, 1.54) is 12.1 Å². The predicted molar refractivity (Wildman–Crippen MR) is 86.1 cm³/mol. The maximum Gasteiger partial charge on any atom is 0.338 e. The maximum absolute atomic E-state index is 12.8. The first kappa shape index (κ1) is 17.5. The summed E-state index contributed by atoms with van der Waals surface area (Å²) in [5.74, 6) is -0.547. The van der Waals surface area contributed by atoms with Crippen molar-refractivity contribution in [3.8, 4) is 5.75 Å². The molecule has 0 aliphatic heterocycles. The molecule has 2 rings (SSSR count). The Bertz CT molecular complexity index is 683. The molecular weight excluding hydrogens is 313 g/mol. The van der Waals surface area contributed by atoms with Crippen LogP contribution in [0.15, 0.2) is 48.5 Å². The standard InChI is InChI=1S/C18H18FNO4/c1-2-23-18(22)14-5-9-16(10-6-14)24-12-17(21)20-11-13-3-7-15(19)8-4-13/h3-10H,2,11-12H2,1H3,(H,20,21). The van der Waals surface area contributed by atoms with E-state index in [0.717, 1.165) is 5.56 Å². The number of nitrogens with one attached hydrogen (secondary N) is 1. The molecule has 0 aromatic heterocycles. The Morgan fingerprint density at radius 3 is 2.33 bits per heavy atom. The van der Waals surface area contributed by atoms with Crippen molar-refractivity contribution in [2.45, 2.75) is 13.5 Å². The number of hydrogen-bond acceptors (Lipinski definition) is 4. The number of carbonyl (C=O) groups excluding carboxylic acids is 2. The molecule has 0 radical (unpaired) electrons. The summed E-state index contributed by atoms with van der Waals surface area (Å²) in [6.45, 7) is 2.19. The van der Waals surface area contributed by atoms with Gasteiger partial charge in [-0.2, -0.15) is 0 Å². The molecule has 0 spiro atoms. The van der Waals surface area contributed by atoms with Crippen LogP contribution in [0.4, 0.5) is 4.39 Å². The molecule has 2 aromatic carbocycles. The van der Waals surface area contributed by atoms with Crippen LogP contribution in [0, 0.1) is 5.82 Å². The molecule has 24 heavy (non-hydrogen) atoms. The Morgan fingerprint density at radius 2 is 1.71 bits per heavy atom. The molecule has 0 saturated heterocycles. The topological polar surface area (TPSA) is 64.6 Å². The van der Waals surface area contributed by atoms with Crippen molar-refractivity contribution < 1.29 is 23.5 Å². The molecule has 0 atom stereocenters. The average molecular weight is 331 g/mol. The molecule has 0 fully saturated rings. The van der Waals surface area contributed by atoms with Crippen molar-refractivity contribution in [1.29, 1.82) is 0 Å². The lowest BCUT2D eigenvalue weighted by Gasteiger charge is -2.08. The minimum Gasteiger partial charge on any atom is -0.484 e. The van der Waals surface area contributed by atoms with Crippen LogP contribution in [0.3, 0.4) is 0 Å². The van der Waals surface area contributed by atoms with Gasteiger partial charge in [-0.1, -0.05) is 12.1 Å². The number of benzene rings is 2. The normalized spacial score (nSPS) is 10.1. The number of esters is 1. The Kier molecular flexibility index (Phi) is 6.31. The van der Waals surface area contributed by atoms with Crippen LogP contribution < -0.4 is 10.1 Å². The second kappa shape index (κ2) is 8.67. The number of rotatable bonds is 7. The van der Waals surface area contributed by atoms with Gasteiger partial charge in [-0.05, 0) is 48.9 Å². The van der Waals surface area contributed by atoms with Gasteiger partial charge in [0.2, 0.25) is 0 Å². The lowest BCUT2D eigenvalue weighted by molar-refractivity contribution is -0.123. The highest BCUT2D eigenvalue weighted by Crippen LogP contribution is 2.13. The van der Waals surface area contributed by atoms with Gasteiger partial charge in [0.25, 0.3) is 5.91 Å². The van der Waals surface area contributed by atoms with Crippen LogP contribution in [0.1, 0.15) is 22.8 Å². The zero-order chi connectivity index (χ0) is 17.4. The number of ether oxygens (including phenoxy) is 2. The van der Waals surface area contributed by atoms with E-state index in [-0.39, 0.29) is 18.3 Å². The molecule has 5 nitrogen and oxygen atoms in total. The van der Waals surface area contributed by atoms with E-state index in [2.05, 4.69) is 5.32 Å². The fourth-order valence-corrected chi connectivity index (χ4v) is 1.90. The monoisotopic (exact) mass is 331 g/mol. The fraction of sp³-hybridized carbons (Fsp3) is 0.222. The summed E-state index contributed by atoms with van der Waals surface area (Å²) in [5, 5.41) is 2.67. The van der Waals surface area contributed by atoms with E-state index < -0.39 is 5.97 Å². The Labute approximate surface area is 139 Å². The Morgan fingerprint density at radius 1 is 1.04 bits per heavy atom. The fourth-order valence-electron chi connectivity index (χ4n) is 1.90. The molecule has 1 amide bonds. The van der Waals surface area contributed by atoms with Crippen molar-refractivity contribution in [3.05, 3.63) is 65.5 Å². The van der Waals surface area contributed by atoms with E-state index in [0.29, 0.717) is 24.5 Å². The molecule has 6 heteroatoms. The molecule has 0 heterocycles. The summed E-state index contributed by atoms with van der Waals surface area (Å²) in [6.07, 6.45) is 0. The van der Waals surface area contributed by atoms with Gasteiger partial charge in [0.1, 0.15) is 11.6 Å². The average Bonchev–Trinajstić information content (AvgIpc) is 2.60. The summed E-state index contributed by atoms with van der Waals surface area (Å²) in [6, 6.07) is 12.2. The predicted octanol–water partition coefficient (Wildman–Crippen LogP) is 2.70. The smallest absolute Gasteiger partial charge is 0.338 e. The van der Waals surface area contributed by atoms with Crippen molar-refractivity contribution in [2.75, 3.05) is 13.2 Å². The first-order valence-corrected chi connectivity index (χ1v) is 7.49. The first-order chi connectivity index (χ1) is 11.6. The molecule has 0 saturated carbocycles. The summed E-state index contributed by atoms with van der Waals surface area (Å²) in [5.41, 5.74) is 1.22. The third-order valence-electron chi connectivity index (χ3n) is 3.14. The minimum atomic E-state index is -0.402. The van der Waals surface area contributed by atoms with Crippen LogP contribution in [0.25, 0.3) is 0 Å². The molecular formula is C18H18FNO4. The highest BCUT2D eigenvalue weighted by molar-refractivity contribution is 5.89. The molecule has 1 N–H and O–H groups in total. The van der Waals surface area contributed by atoms with E-state index in [1.807, 2.05) is 0 Å². The lowest BCUT2D eigenvalue weighted by Crippen LogP contribution is -2.28. The number of amides is 1. The summed E-state index contributed by atoms with van der Waals surface area (Å²) < 4.78 is 23.0. The van der Waals surface area contributed by atoms with Crippen LogP contribution in [0.2, 0.25) is 0 Å². The van der Waals surface area contributed by atoms with Crippen molar-refractivity contribution in [2.24, 2.45) is 0 Å². The summed E-state index contributed by atoms with van der Waals surface area (Å²) >= 11 is 0. The van der Waals surface area contributed by atoms with Gasteiger partial charge in [0.05, 0.1) is 12.2 Å². The van der Waals surface area contributed by atoms with Gasteiger partial charge >= 0.3 is 5.97 Å². The maximum atomic E-state index is 12.8. The van der Waals surface area contributed by atoms with Crippen molar-refractivity contribution in [3.63, 3.8) is 0 Å². The van der Waals surface area contributed by atoms with Crippen LogP contribution >= 0.6 is 0 Å². The first-order valence-electron chi connectivity index (χ1n) is 7.49. The van der Waals surface area contributed by atoms with Gasteiger partial charge in [0, 0.05) is 6.54 Å². The zero-order valence-electron chi connectivity index (χ0n) is 13.3. The molecule has 0 bridgehead atoms. The number of carbonyl (C=O) groups is 2. The van der Waals surface area contributed by atoms with Crippen LogP contribution in [-0.4, -0.2) is 25.1 Å². The van der Waals surface area contributed by atoms with Crippen LogP contribution in [-0.2, 0) is 16.1 Å². The van der Waals surface area contributed by atoms with Gasteiger partial charge in [0.15, 0.2) is 6.61 Å². The summed E-state index contributed by atoms with van der Waals surface area (Å²) in [4.78, 5) is 23.2. The highest BCUT2D eigenvalue weighted by atomic mass is 19.1. The van der Waals surface area contributed by atoms with Crippen molar-refractivity contribution >= 4 is 11.9 Å². The Hall–Kier alpha value is -2.89. The van der Waals surface area contributed by atoms with E-state index in [4.69, 9.17) is 9.47 Å². The Balaban J connectivity index is 1.77. The molecule has 126 valence electrons. The van der Waals surface area contributed by atoms with Gasteiger partial charge in [-0.25, -0.2) is 9.18 Å². The molecule has 0 aliphatic carbocycles. The van der Waals surface area contributed by atoms with E-state index in [1.54, 1.807) is 43.3 Å². The third kappa shape index (κ3) is 5.39. The lowest BCUT2D eigenvalue weighted by atomic mass is 10.2. The molecule has 0 unspecified atom stereocenters. The quantitative estimate of drug-likeness (QED) is 0.792. The largest absolute Gasteiger partial charge is 0.484 e. The molecule has 2 aromatic rings. The van der Waals surface area contributed by atoms with Gasteiger partial charge in [-0.3, -0.25) is 4.79 Å². The number of halogens is 1. The van der Waals surface area contributed by atoms with Gasteiger partial charge in [-0.15, -0.1) is 0 Å². The number of hydrogen-bond donors (Lipinski definition) is 1. The van der Waals surface area contributed by atoms with E-state index in [9.17, 15) is 14.0 Å². The van der Waals surface area contributed by atoms with Gasteiger partial charge < -0.3 is 14.8 Å². The summed E-state index contributed by atoms with van der Waals surface area (Å²) in [7, 11) is 0. The second-order valence-corrected chi connectivity index (χ2v) is 4.94. The van der Waals surface area contributed by atoms with E-state index >= 15 is 0 Å². The molecule has 0 aliphatic rings. The SMILES string of the molecule is CCOC(=O)c1ccc(OCC(=O)NCc2ccc(F)cc2)cc1. The van der Waals surface area contributed by atoms with Crippen LogP contribution in [0.5, 0.6) is 5.75 Å².